The van der Waals surface area contributed by atoms with E-state index in [4.69, 9.17) is 9.52 Å². The van der Waals surface area contributed by atoms with E-state index in [0.29, 0.717) is 5.58 Å². The van der Waals surface area contributed by atoms with E-state index >= 15 is 0 Å². The standard InChI is InChI=1S/C21H16N4O2/c1-11-10-16(26)27-15-9-12(2)19-18(17(11)15)21-20(23-22-19)13(3)24-25(21)14-7-5-4-6-8-14/h4-10H,1-3H3. The zero-order valence-electron chi connectivity index (χ0n) is 15.1. The van der Waals surface area contributed by atoms with Gasteiger partial charge in [-0.25, -0.2) is 9.48 Å². The van der Waals surface area contributed by atoms with E-state index in [0.717, 1.165) is 49.8 Å². The number of fused-ring (bicyclic) bond motifs is 5. The molecular weight excluding hydrogens is 340 g/mol. The van der Waals surface area contributed by atoms with E-state index in [1.54, 1.807) is 0 Å². The lowest BCUT2D eigenvalue weighted by atomic mass is 10.0. The smallest absolute Gasteiger partial charge is 0.336 e. The lowest BCUT2D eigenvalue weighted by molar-refractivity contribution is 0.560. The van der Waals surface area contributed by atoms with E-state index in [-0.39, 0.29) is 5.63 Å². The molecule has 27 heavy (non-hydrogen) atoms. The number of aromatic nitrogens is 4. The van der Waals surface area contributed by atoms with Crippen molar-refractivity contribution in [1.29, 1.82) is 0 Å². The van der Waals surface area contributed by atoms with Crippen molar-refractivity contribution < 1.29 is 4.42 Å². The second kappa shape index (κ2) is 5.48. The first kappa shape index (κ1) is 15.7. The molecule has 3 aromatic heterocycles. The second-order valence-electron chi connectivity index (χ2n) is 6.77. The third kappa shape index (κ3) is 2.19. The highest BCUT2D eigenvalue weighted by molar-refractivity contribution is 6.18. The summed E-state index contributed by atoms with van der Waals surface area (Å²) in [5.41, 5.74) is 6.07. The van der Waals surface area contributed by atoms with Crippen molar-refractivity contribution in [2.45, 2.75) is 20.8 Å². The molecule has 0 N–H and O–H groups in total. The normalized spacial score (nSPS) is 11.7. The Balaban J connectivity index is 2.11. The Bertz CT molecular complexity index is 1420. The Morgan fingerprint density at radius 2 is 1.63 bits per heavy atom. The number of nitrogens with zero attached hydrogens (tertiary/aromatic N) is 4. The zero-order valence-corrected chi connectivity index (χ0v) is 15.1. The lowest BCUT2D eigenvalue weighted by Crippen LogP contribution is -2.02. The summed E-state index contributed by atoms with van der Waals surface area (Å²) in [6.07, 6.45) is 0. The number of aryl methyl sites for hydroxylation is 3. The molecule has 0 radical (unpaired) electrons. The van der Waals surface area contributed by atoms with Crippen LogP contribution >= 0.6 is 0 Å². The molecule has 0 bridgehead atoms. The highest BCUT2D eigenvalue weighted by Crippen LogP contribution is 2.35. The quantitative estimate of drug-likeness (QED) is 0.335. The van der Waals surface area contributed by atoms with Gasteiger partial charge in [0.2, 0.25) is 0 Å². The van der Waals surface area contributed by atoms with Crippen LogP contribution in [0.5, 0.6) is 0 Å². The van der Waals surface area contributed by atoms with Gasteiger partial charge in [-0.2, -0.15) is 5.10 Å². The van der Waals surface area contributed by atoms with Crippen LogP contribution in [0.3, 0.4) is 0 Å². The van der Waals surface area contributed by atoms with Gasteiger partial charge in [-0.1, -0.05) is 18.2 Å². The topological polar surface area (TPSA) is 73.8 Å². The average molecular weight is 356 g/mol. The molecule has 0 saturated carbocycles. The van der Waals surface area contributed by atoms with Crippen molar-refractivity contribution >= 4 is 32.9 Å². The summed E-state index contributed by atoms with van der Waals surface area (Å²) in [6.45, 7) is 5.78. The van der Waals surface area contributed by atoms with Crippen LogP contribution in [0, 0.1) is 20.8 Å². The van der Waals surface area contributed by atoms with E-state index in [9.17, 15) is 4.79 Å². The van der Waals surface area contributed by atoms with E-state index in [1.165, 1.54) is 6.07 Å². The summed E-state index contributed by atoms with van der Waals surface area (Å²) in [7, 11) is 0. The minimum atomic E-state index is -0.357. The molecule has 0 aliphatic heterocycles. The molecule has 6 nitrogen and oxygen atoms in total. The number of para-hydroxylation sites is 1. The first-order valence-electron chi connectivity index (χ1n) is 8.70. The molecule has 0 atom stereocenters. The van der Waals surface area contributed by atoms with Gasteiger partial charge in [-0.15, -0.1) is 10.2 Å². The monoisotopic (exact) mass is 356 g/mol. The van der Waals surface area contributed by atoms with Gasteiger partial charge in [0.15, 0.2) is 0 Å². The van der Waals surface area contributed by atoms with Crippen LogP contribution in [-0.2, 0) is 0 Å². The van der Waals surface area contributed by atoms with Crippen LogP contribution in [0.15, 0.2) is 51.7 Å². The maximum absolute atomic E-state index is 11.9. The molecule has 0 amide bonds. The van der Waals surface area contributed by atoms with Crippen molar-refractivity contribution in [2.24, 2.45) is 0 Å². The molecule has 5 aromatic rings. The third-order valence-corrected chi connectivity index (χ3v) is 4.91. The highest BCUT2D eigenvalue weighted by atomic mass is 16.4. The maximum Gasteiger partial charge on any atom is 0.336 e. The minimum absolute atomic E-state index is 0.357. The Hall–Kier alpha value is -3.54. The SMILES string of the molecule is Cc1cc2oc(=O)cc(C)c2c2c1nnc1c(C)nn(-c3ccccc3)c12. The Kier molecular flexibility index (Phi) is 3.18. The van der Waals surface area contributed by atoms with Gasteiger partial charge in [0.1, 0.15) is 16.6 Å². The summed E-state index contributed by atoms with van der Waals surface area (Å²) < 4.78 is 7.39. The number of rotatable bonds is 1. The predicted molar refractivity (Wildman–Crippen MR) is 104 cm³/mol. The lowest BCUT2D eigenvalue weighted by Gasteiger charge is -2.10. The highest BCUT2D eigenvalue weighted by Gasteiger charge is 2.20. The second-order valence-corrected chi connectivity index (χ2v) is 6.77. The van der Waals surface area contributed by atoms with Crippen molar-refractivity contribution in [3.05, 3.63) is 69.7 Å². The largest absolute Gasteiger partial charge is 0.423 e. The summed E-state index contributed by atoms with van der Waals surface area (Å²) in [4.78, 5) is 11.9. The Labute approximate surface area is 154 Å². The molecule has 6 heteroatoms. The van der Waals surface area contributed by atoms with Crippen molar-refractivity contribution in [2.75, 3.05) is 0 Å². The van der Waals surface area contributed by atoms with Gasteiger partial charge >= 0.3 is 5.63 Å². The van der Waals surface area contributed by atoms with Crippen LogP contribution < -0.4 is 5.63 Å². The molecule has 0 saturated heterocycles. The van der Waals surface area contributed by atoms with Gasteiger partial charge in [-0.05, 0) is 50.1 Å². The molecule has 0 unspecified atom stereocenters. The minimum Gasteiger partial charge on any atom is -0.423 e. The van der Waals surface area contributed by atoms with E-state index < -0.39 is 0 Å². The van der Waals surface area contributed by atoms with Crippen molar-refractivity contribution in [3.63, 3.8) is 0 Å². The fourth-order valence-electron chi connectivity index (χ4n) is 3.71. The first-order valence-corrected chi connectivity index (χ1v) is 8.70. The third-order valence-electron chi connectivity index (χ3n) is 4.91. The maximum atomic E-state index is 11.9. The van der Waals surface area contributed by atoms with Gasteiger partial charge in [0, 0.05) is 16.8 Å². The fourth-order valence-corrected chi connectivity index (χ4v) is 3.71. The number of benzene rings is 2. The van der Waals surface area contributed by atoms with Gasteiger partial charge in [-0.3, -0.25) is 0 Å². The predicted octanol–water partition coefficient (Wildman–Crippen LogP) is 4.00. The molecular formula is C21H16N4O2. The summed E-state index contributed by atoms with van der Waals surface area (Å²) in [5, 5.41) is 15.4. The molecule has 0 aliphatic carbocycles. The molecule has 3 heterocycles. The number of hydrogen-bond acceptors (Lipinski definition) is 5. The molecule has 0 spiro atoms. The summed E-state index contributed by atoms with van der Waals surface area (Å²) in [5.74, 6) is 0. The molecule has 132 valence electrons. The van der Waals surface area contributed by atoms with Crippen LogP contribution in [0.25, 0.3) is 38.6 Å². The van der Waals surface area contributed by atoms with Crippen molar-refractivity contribution in [3.8, 4) is 5.69 Å². The molecule has 5 rings (SSSR count). The molecule has 0 fully saturated rings. The van der Waals surface area contributed by atoms with Gasteiger partial charge in [0.05, 0.1) is 16.9 Å². The van der Waals surface area contributed by atoms with E-state index in [1.807, 2.05) is 61.9 Å². The van der Waals surface area contributed by atoms with Crippen molar-refractivity contribution in [1.82, 2.24) is 20.0 Å². The number of hydrogen-bond donors (Lipinski definition) is 0. The molecule has 2 aromatic carbocycles. The Morgan fingerprint density at radius 1 is 0.889 bits per heavy atom. The van der Waals surface area contributed by atoms with Gasteiger partial charge < -0.3 is 4.42 Å². The average Bonchev–Trinajstić information content (AvgIpc) is 2.99. The van der Waals surface area contributed by atoms with Crippen LogP contribution in [0.1, 0.15) is 16.8 Å². The van der Waals surface area contributed by atoms with Crippen LogP contribution in [-0.4, -0.2) is 20.0 Å². The Morgan fingerprint density at radius 3 is 2.41 bits per heavy atom. The first-order chi connectivity index (χ1) is 13.0. The fraction of sp³-hybridized carbons (Fsp3) is 0.143. The zero-order chi connectivity index (χ0) is 18.7. The van der Waals surface area contributed by atoms with Crippen LogP contribution in [0.2, 0.25) is 0 Å². The summed E-state index contributed by atoms with van der Waals surface area (Å²) >= 11 is 0. The molecule has 0 aliphatic rings. The van der Waals surface area contributed by atoms with Gasteiger partial charge in [0.25, 0.3) is 0 Å². The van der Waals surface area contributed by atoms with E-state index in [2.05, 4.69) is 10.2 Å². The summed E-state index contributed by atoms with van der Waals surface area (Å²) in [6, 6.07) is 13.3. The van der Waals surface area contributed by atoms with Crippen LogP contribution in [0.4, 0.5) is 0 Å².